The van der Waals surface area contributed by atoms with Crippen LogP contribution in [-0.4, -0.2) is 24.5 Å². The number of aromatic nitrogens is 6. The van der Waals surface area contributed by atoms with Gasteiger partial charge in [-0.2, -0.15) is 4.57 Å². The second-order valence-corrected chi connectivity index (χ2v) is 16.0. The summed E-state index contributed by atoms with van der Waals surface area (Å²) in [6.07, 6.45) is 1.91. The fourth-order valence-electron chi connectivity index (χ4n) is 8.67. The number of rotatable bonds is 6. The van der Waals surface area contributed by atoms with Crippen molar-refractivity contribution in [3.63, 3.8) is 0 Å². The normalized spacial score (nSPS) is 11.7. The Balaban J connectivity index is 1.09. The molecule has 0 unspecified atom stereocenters. The SMILES string of the molecule is c1ccc(-c2nc[n+](-c3cccc4sc5cccc(-c6nc(-c7ccc8c9ccccc9n(-c9ccccc9)c8c7)c7ccccc7n6)c5c34)c(-c3ccccc3)n2)cc1. The van der Waals surface area contributed by atoms with Crippen LogP contribution in [0.25, 0.3) is 110 Å². The van der Waals surface area contributed by atoms with Gasteiger partial charge in [-0.1, -0.05) is 131 Å². The molecule has 6 nitrogen and oxygen atoms in total. The first-order valence-electron chi connectivity index (χ1n) is 20.0. The van der Waals surface area contributed by atoms with Crippen LogP contribution < -0.4 is 4.57 Å². The maximum absolute atomic E-state index is 5.51. The monoisotopic (exact) mass is 785 g/mol. The van der Waals surface area contributed by atoms with E-state index in [1.165, 1.54) is 16.3 Å². The van der Waals surface area contributed by atoms with Crippen molar-refractivity contribution in [1.29, 1.82) is 0 Å². The van der Waals surface area contributed by atoms with Gasteiger partial charge in [0.05, 0.1) is 33.4 Å². The fraction of sp³-hybridized carbons (Fsp3) is 0. The Morgan fingerprint density at radius 3 is 1.93 bits per heavy atom. The lowest BCUT2D eigenvalue weighted by Gasteiger charge is -2.12. The molecule has 0 radical (unpaired) electrons. The van der Waals surface area contributed by atoms with E-state index >= 15 is 0 Å². The zero-order valence-corrected chi connectivity index (χ0v) is 33.0. The zero-order chi connectivity index (χ0) is 39.6. The smallest absolute Gasteiger partial charge is 0.307 e. The summed E-state index contributed by atoms with van der Waals surface area (Å²) in [5, 5.41) is 5.64. The molecule has 12 aromatic rings. The van der Waals surface area contributed by atoms with E-state index in [1.54, 1.807) is 11.3 Å². The first-order valence-corrected chi connectivity index (χ1v) is 20.8. The molecule has 0 N–H and O–H groups in total. The molecule has 0 atom stereocenters. The second-order valence-electron chi connectivity index (χ2n) is 14.9. The van der Waals surface area contributed by atoms with Crippen molar-refractivity contribution in [2.24, 2.45) is 0 Å². The van der Waals surface area contributed by atoms with Gasteiger partial charge in [-0.25, -0.2) is 9.97 Å². The van der Waals surface area contributed by atoms with Crippen LogP contribution in [0.3, 0.4) is 0 Å². The van der Waals surface area contributed by atoms with Crippen molar-refractivity contribution in [2.75, 3.05) is 0 Å². The Kier molecular flexibility index (Phi) is 7.92. The summed E-state index contributed by atoms with van der Waals surface area (Å²) in [5.74, 6) is 2.16. The molecule has 0 saturated heterocycles. The average Bonchev–Trinajstić information content (AvgIpc) is 3.88. The highest BCUT2D eigenvalue weighted by Gasteiger charge is 2.25. The predicted molar refractivity (Wildman–Crippen MR) is 246 cm³/mol. The molecule has 0 saturated carbocycles. The van der Waals surface area contributed by atoms with Crippen molar-refractivity contribution in [1.82, 2.24) is 24.5 Å². The van der Waals surface area contributed by atoms with Gasteiger partial charge < -0.3 is 4.57 Å². The first-order chi connectivity index (χ1) is 29.8. The Hall–Kier alpha value is -7.87. The van der Waals surface area contributed by atoms with Gasteiger partial charge in [-0.05, 0) is 72.8 Å². The molecule has 12 rings (SSSR count). The fourth-order valence-corrected chi connectivity index (χ4v) is 9.82. The molecule has 0 fully saturated rings. The molecule has 0 aliphatic carbocycles. The van der Waals surface area contributed by atoms with Gasteiger partial charge in [-0.15, -0.1) is 11.3 Å². The van der Waals surface area contributed by atoms with Crippen LogP contribution in [0.4, 0.5) is 0 Å². The van der Waals surface area contributed by atoms with Crippen molar-refractivity contribution < 1.29 is 4.57 Å². The van der Waals surface area contributed by atoms with Gasteiger partial charge in [-0.3, -0.25) is 0 Å². The third-order valence-corrected chi connectivity index (χ3v) is 12.5. The van der Waals surface area contributed by atoms with Crippen LogP contribution in [0.5, 0.6) is 0 Å². The van der Waals surface area contributed by atoms with Crippen LogP contribution in [-0.2, 0) is 0 Å². The Morgan fingerprint density at radius 1 is 0.450 bits per heavy atom. The summed E-state index contributed by atoms with van der Waals surface area (Å²) in [6, 6.07) is 67.8. The van der Waals surface area contributed by atoms with Crippen LogP contribution in [0.15, 0.2) is 200 Å². The molecular weight excluding hydrogens is 753 g/mol. The van der Waals surface area contributed by atoms with E-state index in [2.05, 4.69) is 167 Å². The number of nitrogens with zero attached hydrogens (tertiary/aromatic N) is 6. The van der Waals surface area contributed by atoms with Crippen LogP contribution in [0.1, 0.15) is 0 Å². The van der Waals surface area contributed by atoms with E-state index in [0.717, 1.165) is 81.7 Å². The van der Waals surface area contributed by atoms with E-state index < -0.39 is 0 Å². The second kappa shape index (κ2) is 13.9. The highest BCUT2D eigenvalue weighted by molar-refractivity contribution is 7.26. The maximum atomic E-state index is 5.51. The van der Waals surface area contributed by atoms with Crippen molar-refractivity contribution in [2.45, 2.75) is 0 Å². The maximum Gasteiger partial charge on any atom is 0.307 e. The standard InChI is InChI=1S/C53H33N6S/c1-4-16-34(17-5-1)51-54-33-58(53(57-51)35-18-6-2-7-19-35)44-27-15-29-47-49(44)48-41(24-14-28-46(48)60-47)52-55-42-25-12-10-23-40(42)50(56-52)36-30-31-39-38-22-11-13-26-43(38)59(45(39)32-36)37-20-8-3-9-21-37/h1-33H/q+1. The summed E-state index contributed by atoms with van der Waals surface area (Å²) in [7, 11) is 0. The molecule has 280 valence electrons. The van der Waals surface area contributed by atoms with E-state index in [-0.39, 0.29) is 0 Å². The first kappa shape index (κ1) is 34.2. The largest absolute Gasteiger partial charge is 0.309 e. The van der Waals surface area contributed by atoms with Crippen molar-refractivity contribution in [3.05, 3.63) is 200 Å². The minimum atomic E-state index is 0.674. The van der Waals surface area contributed by atoms with Crippen molar-refractivity contribution >= 4 is 64.2 Å². The molecule has 60 heavy (non-hydrogen) atoms. The zero-order valence-electron chi connectivity index (χ0n) is 32.1. The third-order valence-electron chi connectivity index (χ3n) is 11.4. The summed E-state index contributed by atoms with van der Waals surface area (Å²) in [6.45, 7) is 0. The molecular formula is C53H33N6S+. The summed E-state index contributed by atoms with van der Waals surface area (Å²) in [4.78, 5) is 20.9. The minimum Gasteiger partial charge on any atom is -0.309 e. The Morgan fingerprint density at radius 2 is 1.12 bits per heavy atom. The van der Waals surface area contributed by atoms with Gasteiger partial charge in [0, 0.05) is 53.1 Å². The number of hydrogen-bond donors (Lipinski definition) is 0. The Bertz CT molecular complexity index is 3600. The van der Waals surface area contributed by atoms with E-state index in [4.69, 9.17) is 19.9 Å². The lowest BCUT2D eigenvalue weighted by Crippen LogP contribution is -2.35. The number of hydrogen-bond acceptors (Lipinski definition) is 5. The Labute approximate surface area is 349 Å². The number of thiophene rings is 1. The van der Waals surface area contributed by atoms with Gasteiger partial charge >= 0.3 is 5.82 Å². The van der Waals surface area contributed by atoms with Gasteiger partial charge in [0.25, 0.3) is 5.82 Å². The highest BCUT2D eigenvalue weighted by Crippen LogP contribution is 2.43. The topological polar surface area (TPSA) is 60.4 Å². The molecule has 0 spiro atoms. The molecule has 0 aliphatic rings. The molecule has 0 aliphatic heterocycles. The van der Waals surface area contributed by atoms with Crippen LogP contribution in [0.2, 0.25) is 0 Å². The van der Waals surface area contributed by atoms with Crippen LogP contribution in [0, 0.1) is 0 Å². The molecule has 0 bridgehead atoms. The molecule has 0 amide bonds. The third kappa shape index (κ3) is 5.51. The predicted octanol–water partition coefficient (Wildman–Crippen LogP) is 12.8. The number of fused-ring (bicyclic) bond motifs is 7. The van der Waals surface area contributed by atoms with Gasteiger partial charge in [0.15, 0.2) is 5.82 Å². The lowest BCUT2D eigenvalue weighted by atomic mass is 10.0. The average molecular weight is 786 g/mol. The lowest BCUT2D eigenvalue weighted by molar-refractivity contribution is -0.588. The van der Waals surface area contributed by atoms with E-state index in [0.29, 0.717) is 11.6 Å². The molecule has 4 heterocycles. The molecule has 8 aromatic carbocycles. The summed E-state index contributed by atoms with van der Waals surface area (Å²) < 4.78 is 6.80. The van der Waals surface area contributed by atoms with Gasteiger partial charge in [0.2, 0.25) is 6.33 Å². The number of benzene rings is 8. The molecule has 4 aromatic heterocycles. The van der Waals surface area contributed by atoms with E-state index in [9.17, 15) is 0 Å². The quantitative estimate of drug-likeness (QED) is 0.158. The van der Waals surface area contributed by atoms with Crippen molar-refractivity contribution in [3.8, 4) is 56.8 Å². The minimum absolute atomic E-state index is 0.674. The van der Waals surface area contributed by atoms with Crippen LogP contribution >= 0.6 is 11.3 Å². The molecule has 7 heteroatoms. The summed E-state index contributed by atoms with van der Waals surface area (Å²) in [5.41, 5.74) is 10.2. The summed E-state index contributed by atoms with van der Waals surface area (Å²) >= 11 is 1.78. The van der Waals surface area contributed by atoms with E-state index in [1.807, 2.05) is 42.7 Å². The number of para-hydroxylation sites is 3. The van der Waals surface area contributed by atoms with Gasteiger partial charge in [0.1, 0.15) is 5.69 Å². The highest BCUT2D eigenvalue weighted by atomic mass is 32.1.